The Hall–Kier alpha value is -1.43. The van der Waals surface area contributed by atoms with Gasteiger partial charge in [0.1, 0.15) is 0 Å². The van der Waals surface area contributed by atoms with E-state index < -0.39 is 0 Å². The van der Waals surface area contributed by atoms with Crippen LogP contribution in [0.5, 0.6) is 0 Å². The summed E-state index contributed by atoms with van der Waals surface area (Å²) in [7, 11) is 1.65. The van der Waals surface area contributed by atoms with Gasteiger partial charge in [-0.25, -0.2) is 0 Å². The molecule has 0 spiro atoms. The van der Waals surface area contributed by atoms with Gasteiger partial charge in [-0.1, -0.05) is 5.16 Å². The van der Waals surface area contributed by atoms with E-state index in [2.05, 4.69) is 10.1 Å². The molecule has 2 heterocycles. The van der Waals surface area contributed by atoms with Gasteiger partial charge in [-0.3, -0.25) is 4.79 Å². The first-order valence-electron chi connectivity index (χ1n) is 6.33. The largest absolute Gasteiger partial charge is 0.384 e. The first kappa shape index (κ1) is 13.0. The van der Waals surface area contributed by atoms with Crippen LogP contribution < -0.4 is 0 Å². The molecule has 1 amide bonds. The summed E-state index contributed by atoms with van der Waals surface area (Å²) in [5.41, 5.74) is 0. The summed E-state index contributed by atoms with van der Waals surface area (Å²) in [4.78, 5) is 17.8. The molecular formula is C12H19N3O3. The molecule has 100 valence electrons. The molecule has 1 aliphatic rings. The first-order valence-corrected chi connectivity index (χ1v) is 6.33. The number of hydrogen-bond acceptors (Lipinski definition) is 5. The molecule has 1 aromatic rings. The molecule has 1 aromatic heterocycles. The summed E-state index contributed by atoms with van der Waals surface area (Å²) in [6.07, 6.45) is 2.01. The van der Waals surface area contributed by atoms with Gasteiger partial charge in [-0.15, -0.1) is 0 Å². The Balaban J connectivity index is 1.98. The molecule has 1 fully saturated rings. The lowest BCUT2D eigenvalue weighted by Gasteiger charge is -2.29. The van der Waals surface area contributed by atoms with Crippen molar-refractivity contribution in [1.29, 1.82) is 0 Å². The summed E-state index contributed by atoms with van der Waals surface area (Å²) in [6, 6.07) is 0. The number of nitrogens with zero attached hydrogens (tertiary/aromatic N) is 3. The predicted octanol–water partition coefficient (Wildman–Crippen LogP) is 0.984. The molecule has 0 bridgehead atoms. The fourth-order valence-electron chi connectivity index (χ4n) is 2.15. The summed E-state index contributed by atoms with van der Waals surface area (Å²) in [6.45, 7) is 3.99. The van der Waals surface area contributed by atoms with Crippen molar-refractivity contribution in [2.24, 2.45) is 0 Å². The molecular weight excluding hydrogens is 234 g/mol. The van der Waals surface area contributed by atoms with E-state index in [1.54, 1.807) is 7.11 Å². The van der Waals surface area contributed by atoms with Crippen molar-refractivity contribution in [1.82, 2.24) is 15.0 Å². The summed E-state index contributed by atoms with van der Waals surface area (Å²) in [5, 5.41) is 3.93. The number of piperidine rings is 1. The number of aromatic nitrogens is 2. The van der Waals surface area contributed by atoms with E-state index in [9.17, 15) is 4.79 Å². The Morgan fingerprint density at radius 1 is 1.56 bits per heavy atom. The highest BCUT2D eigenvalue weighted by molar-refractivity contribution is 5.77. The predicted molar refractivity (Wildman–Crippen MR) is 64.1 cm³/mol. The standard InChI is InChI=1S/C12H19N3O3/c1-3-15-8-9(4-5-11(15)16)12-13-10(14-18-12)6-7-17-2/h9H,3-8H2,1-2H3/t9-/m1/s1. The molecule has 6 nitrogen and oxygen atoms in total. The van der Waals surface area contributed by atoms with Crippen LogP contribution in [-0.4, -0.2) is 47.8 Å². The van der Waals surface area contributed by atoms with Crippen molar-refractivity contribution in [2.75, 3.05) is 26.8 Å². The molecule has 0 saturated carbocycles. The molecule has 18 heavy (non-hydrogen) atoms. The van der Waals surface area contributed by atoms with Crippen LogP contribution in [-0.2, 0) is 16.0 Å². The third-order valence-corrected chi connectivity index (χ3v) is 3.24. The van der Waals surface area contributed by atoms with Gasteiger partial charge >= 0.3 is 0 Å². The van der Waals surface area contributed by atoms with Crippen molar-refractivity contribution in [3.8, 4) is 0 Å². The average Bonchev–Trinajstić information content (AvgIpc) is 2.85. The van der Waals surface area contributed by atoms with Gasteiger partial charge in [0, 0.05) is 33.0 Å². The molecule has 1 saturated heterocycles. The fourth-order valence-corrected chi connectivity index (χ4v) is 2.15. The molecule has 0 unspecified atom stereocenters. The highest BCUT2D eigenvalue weighted by Crippen LogP contribution is 2.26. The maximum absolute atomic E-state index is 11.6. The number of carbonyl (C=O) groups is 1. The number of carbonyl (C=O) groups excluding carboxylic acids is 1. The molecule has 0 radical (unpaired) electrons. The molecule has 2 rings (SSSR count). The van der Waals surface area contributed by atoms with E-state index >= 15 is 0 Å². The van der Waals surface area contributed by atoms with Gasteiger partial charge in [0.25, 0.3) is 0 Å². The second kappa shape index (κ2) is 5.95. The van der Waals surface area contributed by atoms with Crippen LogP contribution in [0, 0.1) is 0 Å². The van der Waals surface area contributed by atoms with Gasteiger partial charge in [-0.2, -0.15) is 4.98 Å². The van der Waals surface area contributed by atoms with Gasteiger partial charge < -0.3 is 14.2 Å². The van der Waals surface area contributed by atoms with Crippen LogP contribution in [0.1, 0.15) is 37.4 Å². The van der Waals surface area contributed by atoms with Crippen LogP contribution in [0.25, 0.3) is 0 Å². The lowest BCUT2D eigenvalue weighted by Crippen LogP contribution is -2.38. The normalized spacial score (nSPS) is 20.4. The Kier molecular flexibility index (Phi) is 4.30. The smallest absolute Gasteiger partial charge is 0.231 e. The molecule has 1 aliphatic heterocycles. The highest BCUT2D eigenvalue weighted by Gasteiger charge is 2.29. The Bertz CT molecular complexity index is 405. The van der Waals surface area contributed by atoms with Crippen molar-refractivity contribution in [3.05, 3.63) is 11.7 Å². The maximum Gasteiger partial charge on any atom is 0.231 e. The lowest BCUT2D eigenvalue weighted by molar-refractivity contribution is -0.133. The third kappa shape index (κ3) is 2.87. The van der Waals surface area contributed by atoms with E-state index in [1.165, 1.54) is 0 Å². The van der Waals surface area contributed by atoms with Crippen molar-refractivity contribution in [3.63, 3.8) is 0 Å². The number of hydrogen-bond donors (Lipinski definition) is 0. The van der Waals surface area contributed by atoms with Crippen molar-refractivity contribution < 1.29 is 14.1 Å². The van der Waals surface area contributed by atoms with Crippen LogP contribution in [0.4, 0.5) is 0 Å². The number of ether oxygens (including phenoxy) is 1. The zero-order valence-electron chi connectivity index (χ0n) is 10.9. The minimum Gasteiger partial charge on any atom is -0.384 e. The zero-order chi connectivity index (χ0) is 13.0. The Morgan fingerprint density at radius 2 is 2.39 bits per heavy atom. The Morgan fingerprint density at radius 3 is 3.11 bits per heavy atom. The van der Waals surface area contributed by atoms with Crippen molar-refractivity contribution >= 4 is 5.91 Å². The van der Waals surface area contributed by atoms with Gasteiger partial charge in [0.2, 0.25) is 11.8 Å². The third-order valence-electron chi connectivity index (χ3n) is 3.24. The van der Waals surface area contributed by atoms with Crippen LogP contribution in [0.15, 0.2) is 4.52 Å². The summed E-state index contributed by atoms with van der Waals surface area (Å²) in [5.74, 6) is 1.71. The van der Waals surface area contributed by atoms with Crippen LogP contribution >= 0.6 is 0 Å². The molecule has 0 aromatic carbocycles. The molecule has 0 N–H and O–H groups in total. The van der Waals surface area contributed by atoms with Crippen LogP contribution in [0.3, 0.4) is 0 Å². The molecule has 0 aliphatic carbocycles. The average molecular weight is 253 g/mol. The number of likely N-dealkylation sites (N-methyl/N-ethyl adjacent to an activating group) is 1. The first-order chi connectivity index (χ1) is 8.74. The SMILES string of the molecule is CCN1C[C@H](c2nc(CCOC)no2)CCC1=O. The van der Waals surface area contributed by atoms with E-state index in [1.807, 2.05) is 11.8 Å². The number of amides is 1. The van der Waals surface area contributed by atoms with E-state index in [4.69, 9.17) is 9.26 Å². The van der Waals surface area contributed by atoms with E-state index in [-0.39, 0.29) is 11.8 Å². The molecule has 6 heteroatoms. The Labute approximate surface area is 106 Å². The van der Waals surface area contributed by atoms with Crippen molar-refractivity contribution in [2.45, 2.75) is 32.1 Å². The summed E-state index contributed by atoms with van der Waals surface area (Å²) >= 11 is 0. The van der Waals surface area contributed by atoms with Gasteiger partial charge in [0.05, 0.1) is 12.5 Å². The lowest BCUT2D eigenvalue weighted by atomic mass is 9.97. The van der Waals surface area contributed by atoms with E-state index in [0.29, 0.717) is 37.7 Å². The van der Waals surface area contributed by atoms with Crippen LogP contribution in [0.2, 0.25) is 0 Å². The monoisotopic (exact) mass is 253 g/mol. The quantitative estimate of drug-likeness (QED) is 0.782. The fraction of sp³-hybridized carbons (Fsp3) is 0.750. The second-order valence-electron chi connectivity index (χ2n) is 4.46. The number of methoxy groups -OCH3 is 1. The summed E-state index contributed by atoms with van der Waals surface area (Å²) < 4.78 is 10.2. The van der Waals surface area contributed by atoms with E-state index in [0.717, 1.165) is 13.0 Å². The second-order valence-corrected chi connectivity index (χ2v) is 4.46. The number of likely N-dealkylation sites (tertiary alicyclic amines) is 1. The molecule has 1 atom stereocenters. The highest BCUT2D eigenvalue weighted by atomic mass is 16.5. The minimum atomic E-state index is 0.173. The minimum absolute atomic E-state index is 0.173. The maximum atomic E-state index is 11.6. The topological polar surface area (TPSA) is 68.5 Å². The number of rotatable bonds is 5. The zero-order valence-corrected chi connectivity index (χ0v) is 10.9. The van der Waals surface area contributed by atoms with Gasteiger partial charge in [0.15, 0.2) is 5.82 Å². The van der Waals surface area contributed by atoms with Gasteiger partial charge in [-0.05, 0) is 13.3 Å².